The van der Waals surface area contributed by atoms with Crippen molar-refractivity contribution in [2.45, 2.75) is 31.1 Å². The lowest BCUT2D eigenvalue weighted by Gasteiger charge is -2.26. The lowest BCUT2D eigenvalue weighted by atomic mass is 9.78. The average molecular weight is 269 g/mol. The zero-order valence-corrected chi connectivity index (χ0v) is 10.5. The molecule has 0 radical (unpaired) electrons. The van der Waals surface area contributed by atoms with Crippen molar-refractivity contribution in [1.82, 2.24) is 0 Å². The van der Waals surface area contributed by atoms with E-state index in [9.17, 15) is 9.90 Å². The summed E-state index contributed by atoms with van der Waals surface area (Å²) in [5.41, 5.74) is -0.333. The molecular formula is C13H13ClO4. The highest BCUT2D eigenvalue weighted by molar-refractivity contribution is 6.32. The second-order valence-corrected chi connectivity index (χ2v) is 5.16. The molecule has 0 spiro atoms. The van der Waals surface area contributed by atoms with Crippen molar-refractivity contribution < 1.29 is 19.4 Å². The molecule has 1 aromatic carbocycles. The molecule has 1 aliphatic heterocycles. The fourth-order valence-electron chi connectivity index (χ4n) is 2.94. The summed E-state index contributed by atoms with van der Waals surface area (Å²) in [4.78, 5) is 11.7. The number of carboxylic acids is 1. The molecule has 1 N–H and O–H groups in total. The fraction of sp³-hybridized carbons (Fsp3) is 0.462. The van der Waals surface area contributed by atoms with E-state index in [0.717, 1.165) is 12.8 Å². The van der Waals surface area contributed by atoms with Gasteiger partial charge in [0, 0.05) is 10.6 Å². The van der Waals surface area contributed by atoms with Crippen LogP contribution in [-0.2, 0) is 10.2 Å². The smallest absolute Gasteiger partial charge is 0.314 e. The predicted octanol–water partition coefficient (Wildman–Crippen LogP) is 2.97. The quantitative estimate of drug-likeness (QED) is 0.896. The first kappa shape index (κ1) is 11.7. The van der Waals surface area contributed by atoms with Crippen molar-refractivity contribution in [3.05, 3.63) is 22.7 Å². The molecule has 1 heterocycles. The third-order valence-corrected chi connectivity index (χ3v) is 4.15. The summed E-state index contributed by atoms with van der Waals surface area (Å²) in [7, 11) is 0. The van der Waals surface area contributed by atoms with Gasteiger partial charge in [0.05, 0.1) is 5.41 Å². The first-order valence-corrected chi connectivity index (χ1v) is 6.35. The number of aliphatic carboxylic acids is 1. The molecule has 1 aliphatic carbocycles. The largest absolute Gasteiger partial charge is 0.481 e. The van der Waals surface area contributed by atoms with Gasteiger partial charge in [-0.25, -0.2) is 0 Å². The van der Waals surface area contributed by atoms with Gasteiger partial charge in [0.1, 0.15) is 0 Å². The Balaban J connectivity index is 2.21. The van der Waals surface area contributed by atoms with E-state index in [0.29, 0.717) is 34.9 Å². The van der Waals surface area contributed by atoms with Crippen LogP contribution in [0.15, 0.2) is 12.1 Å². The summed E-state index contributed by atoms with van der Waals surface area (Å²) < 4.78 is 10.7. The molecule has 0 saturated heterocycles. The van der Waals surface area contributed by atoms with Crippen molar-refractivity contribution in [3.8, 4) is 11.5 Å². The van der Waals surface area contributed by atoms with Gasteiger partial charge in [0.25, 0.3) is 0 Å². The molecule has 0 bridgehead atoms. The van der Waals surface area contributed by atoms with Gasteiger partial charge >= 0.3 is 5.97 Å². The van der Waals surface area contributed by atoms with E-state index < -0.39 is 11.4 Å². The Kier molecular flexibility index (Phi) is 2.63. The molecule has 3 rings (SSSR count). The van der Waals surface area contributed by atoms with Crippen molar-refractivity contribution in [2.75, 3.05) is 6.79 Å². The Labute approximate surface area is 109 Å². The summed E-state index contributed by atoms with van der Waals surface area (Å²) in [6.45, 7) is 0.123. The minimum absolute atomic E-state index is 0.123. The third-order valence-electron chi connectivity index (χ3n) is 3.83. The average Bonchev–Trinajstić information content (AvgIpc) is 2.96. The van der Waals surface area contributed by atoms with E-state index in [4.69, 9.17) is 21.1 Å². The molecule has 0 amide bonds. The number of carboxylic acid groups (broad SMARTS) is 1. The standard InChI is InChI=1S/C13H13ClO4/c14-8-3-4-9-11(18-7-17-9)10(8)13(12(15)16)5-1-2-6-13/h3-4H,1-2,5-7H2,(H,15,16). The molecule has 1 aromatic rings. The normalized spacial score (nSPS) is 20.1. The third kappa shape index (κ3) is 1.48. The number of ether oxygens (including phenoxy) is 2. The van der Waals surface area contributed by atoms with E-state index in [-0.39, 0.29) is 6.79 Å². The molecule has 0 aromatic heterocycles. The van der Waals surface area contributed by atoms with Crippen molar-refractivity contribution in [3.63, 3.8) is 0 Å². The maximum Gasteiger partial charge on any atom is 0.314 e. The van der Waals surface area contributed by atoms with Gasteiger partial charge in [-0.15, -0.1) is 0 Å². The molecule has 1 saturated carbocycles. The number of carbonyl (C=O) groups is 1. The number of halogens is 1. The first-order chi connectivity index (χ1) is 8.65. The Morgan fingerprint density at radius 2 is 2.00 bits per heavy atom. The van der Waals surface area contributed by atoms with Crippen LogP contribution in [0.5, 0.6) is 11.5 Å². The molecule has 1 fully saturated rings. The first-order valence-electron chi connectivity index (χ1n) is 5.97. The maximum absolute atomic E-state index is 11.7. The van der Waals surface area contributed by atoms with Crippen molar-refractivity contribution >= 4 is 17.6 Å². The Hall–Kier alpha value is -1.42. The molecule has 0 atom stereocenters. The summed E-state index contributed by atoms with van der Waals surface area (Å²) in [5.74, 6) is 0.263. The van der Waals surface area contributed by atoms with Gasteiger partial charge in [0.15, 0.2) is 11.5 Å². The fourth-order valence-corrected chi connectivity index (χ4v) is 3.27. The van der Waals surface area contributed by atoms with Crippen LogP contribution in [0.3, 0.4) is 0 Å². The van der Waals surface area contributed by atoms with Crippen LogP contribution in [0.4, 0.5) is 0 Å². The van der Waals surface area contributed by atoms with E-state index in [1.165, 1.54) is 0 Å². The summed E-state index contributed by atoms with van der Waals surface area (Å²) >= 11 is 6.22. The highest BCUT2D eigenvalue weighted by atomic mass is 35.5. The molecule has 4 nitrogen and oxygen atoms in total. The zero-order valence-electron chi connectivity index (χ0n) is 9.74. The molecule has 0 unspecified atom stereocenters. The minimum Gasteiger partial charge on any atom is -0.481 e. The van der Waals surface area contributed by atoms with E-state index in [2.05, 4.69) is 0 Å². The molecule has 96 valence electrons. The summed E-state index contributed by atoms with van der Waals surface area (Å²) in [6.07, 6.45) is 2.99. The van der Waals surface area contributed by atoms with Gasteiger partial charge in [-0.05, 0) is 25.0 Å². The Morgan fingerprint density at radius 1 is 1.28 bits per heavy atom. The predicted molar refractivity (Wildman–Crippen MR) is 65.4 cm³/mol. The van der Waals surface area contributed by atoms with Crippen molar-refractivity contribution in [2.24, 2.45) is 0 Å². The maximum atomic E-state index is 11.7. The van der Waals surface area contributed by atoms with Crippen LogP contribution in [0.1, 0.15) is 31.2 Å². The molecule has 5 heteroatoms. The van der Waals surface area contributed by atoms with E-state index in [1.807, 2.05) is 0 Å². The van der Waals surface area contributed by atoms with Gasteiger partial charge in [-0.2, -0.15) is 0 Å². The monoisotopic (exact) mass is 268 g/mol. The lowest BCUT2D eigenvalue weighted by Crippen LogP contribution is -2.33. The highest BCUT2D eigenvalue weighted by Gasteiger charge is 2.47. The number of hydrogen-bond acceptors (Lipinski definition) is 3. The summed E-state index contributed by atoms with van der Waals surface area (Å²) in [5, 5.41) is 10.1. The molecular weight excluding hydrogens is 256 g/mol. The van der Waals surface area contributed by atoms with Crippen LogP contribution >= 0.6 is 11.6 Å². The number of benzene rings is 1. The van der Waals surface area contributed by atoms with Gasteiger partial charge in [-0.1, -0.05) is 24.4 Å². The van der Waals surface area contributed by atoms with Gasteiger partial charge < -0.3 is 14.6 Å². The number of rotatable bonds is 2. The zero-order chi connectivity index (χ0) is 12.8. The van der Waals surface area contributed by atoms with Crippen LogP contribution in [0, 0.1) is 0 Å². The second-order valence-electron chi connectivity index (χ2n) is 4.75. The van der Waals surface area contributed by atoms with Crippen LogP contribution < -0.4 is 9.47 Å². The second kappa shape index (κ2) is 4.05. The van der Waals surface area contributed by atoms with Gasteiger partial charge in [-0.3, -0.25) is 4.79 Å². The topological polar surface area (TPSA) is 55.8 Å². The van der Waals surface area contributed by atoms with Crippen LogP contribution in [0.25, 0.3) is 0 Å². The Bertz CT molecular complexity index is 506. The van der Waals surface area contributed by atoms with E-state index >= 15 is 0 Å². The summed E-state index contributed by atoms with van der Waals surface area (Å²) in [6, 6.07) is 3.41. The van der Waals surface area contributed by atoms with Crippen LogP contribution in [-0.4, -0.2) is 17.9 Å². The number of fused-ring (bicyclic) bond motifs is 1. The molecule has 18 heavy (non-hydrogen) atoms. The van der Waals surface area contributed by atoms with Crippen LogP contribution in [0.2, 0.25) is 5.02 Å². The number of hydrogen-bond donors (Lipinski definition) is 1. The van der Waals surface area contributed by atoms with Crippen molar-refractivity contribution in [1.29, 1.82) is 0 Å². The minimum atomic E-state index is -0.921. The molecule has 2 aliphatic rings. The lowest BCUT2D eigenvalue weighted by molar-refractivity contribution is -0.143. The SMILES string of the molecule is O=C(O)C1(c2c(Cl)ccc3c2OCO3)CCCC1. The highest BCUT2D eigenvalue weighted by Crippen LogP contribution is 2.51. The van der Waals surface area contributed by atoms with E-state index in [1.54, 1.807) is 12.1 Å². The Morgan fingerprint density at radius 3 is 2.67 bits per heavy atom. The van der Waals surface area contributed by atoms with Gasteiger partial charge in [0.2, 0.25) is 6.79 Å².